The van der Waals surface area contributed by atoms with Crippen molar-refractivity contribution in [3.63, 3.8) is 0 Å². The lowest BCUT2D eigenvalue weighted by atomic mass is 9.69. The van der Waals surface area contributed by atoms with Crippen LogP contribution in [0.5, 0.6) is 0 Å². The third kappa shape index (κ3) is 2.65. The van der Waals surface area contributed by atoms with Crippen LogP contribution in [0, 0.1) is 0 Å². The highest BCUT2D eigenvalue weighted by molar-refractivity contribution is 7.82. The van der Waals surface area contributed by atoms with Crippen LogP contribution in [0.4, 0.5) is 0 Å². The van der Waals surface area contributed by atoms with Crippen LogP contribution in [-0.4, -0.2) is 37.4 Å². The van der Waals surface area contributed by atoms with Gasteiger partial charge in [0.15, 0.2) is 0 Å². The van der Waals surface area contributed by atoms with E-state index in [2.05, 4.69) is 71.4 Å². The first-order chi connectivity index (χ1) is 10.5. The maximum absolute atomic E-state index is 6.51. The summed E-state index contributed by atoms with van der Waals surface area (Å²) in [5, 5.41) is 1.34. The summed E-state index contributed by atoms with van der Waals surface area (Å²) in [5.74, 6) is 0.890. The molecule has 1 saturated heterocycles. The number of rotatable bonds is 0. The number of allylic oxidation sites excluding steroid dienone is 2. The molecule has 2 aliphatic heterocycles. The molecule has 5 heteroatoms. The van der Waals surface area contributed by atoms with E-state index < -0.39 is 25.2 Å². The van der Waals surface area contributed by atoms with Crippen LogP contribution < -0.4 is 10.8 Å². The molecule has 1 aromatic rings. The Morgan fingerprint density at radius 1 is 1.00 bits per heavy atom. The van der Waals surface area contributed by atoms with Gasteiger partial charge in [-0.2, -0.15) is 0 Å². The first-order valence-corrected chi connectivity index (χ1v) is 11.2. The number of benzene rings is 1. The average Bonchev–Trinajstić information content (AvgIpc) is 2.61. The van der Waals surface area contributed by atoms with E-state index in [9.17, 15) is 0 Å². The smallest absolute Gasteiger partial charge is 0.470 e. The summed E-state index contributed by atoms with van der Waals surface area (Å²) < 4.78 is 19.4. The van der Waals surface area contributed by atoms with Gasteiger partial charge >= 0.3 is 6.75 Å². The van der Waals surface area contributed by atoms with E-state index in [1.807, 2.05) is 6.92 Å². The number of hydrogen-bond acceptors (Lipinski definition) is 3. The van der Waals surface area contributed by atoms with Crippen LogP contribution in [-0.2, 0) is 14.0 Å². The van der Waals surface area contributed by atoms with Crippen molar-refractivity contribution in [2.24, 2.45) is 0 Å². The molecule has 0 unspecified atom stereocenters. The first kappa shape index (κ1) is 17.0. The van der Waals surface area contributed by atoms with Crippen LogP contribution in [0.3, 0.4) is 0 Å². The van der Waals surface area contributed by atoms with Crippen molar-refractivity contribution < 1.29 is 14.0 Å². The largest absolute Gasteiger partial charge is 0.670 e. The van der Waals surface area contributed by atoms with Gasteiger partial charge in [0.05, 0.1) is 24.8 Å². The summed E-state index contributed by atoms with van der Waals surface area (Å²) in [7, 11) is -1.30. The van der Waals surface area contributed by atoms with Crippen molar-refractivity contribution in [2.75, 3.05) is 19.5 Å². The third-order valence-electron chi connectivity index (χ3n) is 5.50. The second kappa shape index (κ2) is 5.08. The molecule has 0 aliphatic carbocycles. The minimum Gasteiger partial charge on any atom is -0.670 e. The lowest BCUT2D eigenvalue weighted by Crippen LogP contribution is -2.60. The third-order valence-corrected chi connectivity index (χ3v) is 8.30. The molecule has 0 atom stereocenters. The molecule has 0 N–H and O–H groups in total. The van der Waals surface area contributed by atoms with Gasteiger partial charge in [0.2, 0.25) is 0 Å². The lowest BCUT2D eigenvalue weighted by Gasteiger charge is -2.42. The normalized spacial score (nSPS) is 28.9. The van der Waals surface area contributed by atoms with Gasteiger partial charge in [-0.15, -0.1) is 0 Å². The Bertz CT molecular complexity index is 648. The van der Waals surface area contributed by atoms with Crippen molar-refractivity contribution in [3.05, 3.63) is 36.1 Å². The fourth-order valence-corrected chi connectivity index (χ4v) is 5.74. The van der Waals surface area contributed by atoms with Gasteiger partial charge in [-0.25, -0.2) is 0 Å². The van der Waals surface area contributed by atoms with Gasteiger partial charge in [-0.1, -0.05) is 23.7 Å². The van der Waals surface area contributed by atoms with Crippen molar-refractivity contribution in [3.8, 4) is 0 Å². The van der Waals surface area contributed by atoms with E-state index in [4.69, 9.17) is 14.0 Å². The van der Waals surface area contributed by atoms with Gasteiger partial charge in [-0.3, -0.25) is 0 Å². The van der Waals surface area contributed by atoms with E-state index in [1.54, 1.807) is 0 Å². The number of fused-ring (bicyclic) bond motifs is 2. The molecule has 0 saturated carbocycles. The van der Waals surface area contributed by atoms with Crippen LogP contribution in [0.2, 0.25) is 0 Å². The molecule has 1 fully saturated rings. The Hall–Kier alpha value is -0.825. The van der Waals surface area contributed by atoms with Gasteiger partial charge in [0, 0.05) is 24.2 Å². The molecule has 23 heavy (non-hydrogen) atoms. The van der Waals surface area contributed by atoms with Crippen molar-refractivity contribution >= 4 is 24.8 Å². The van der Waals surface area contributed by atoms with Crippen LogP contribution in [0.25, 0.3) is 0 Å². The van der Waals surface area contributed by atoms with Crippen molar-refractivity contribution in [1.82, 2.24) is 0 Å². The van der Waals surface area contributed by atoms with Crippen LogP contribution in [0.1, 0.15) is 34.6 Å². The zero-order valence-corrected chi connectivity index (χ0v) is 16.2. The van der Waals surface area contributed by atoms with Gasteiger partial charge in [-0.05, 0) is 46.8 Å². The molecule has 2 aliphatic rings. The Kier molecular flexibility index (Phi) is 3.76. The fraction of sp³-hybridized carbons (Fsp3) is 0.556. The molecule has 0 aromatic heterocycles. The van der Waals surface area contributed by atoms with E-state index in [0.29, 0.717) is 0 Å². The second-order valence-electron chi connectivity index (χ2n) is 8.26. The highest BCUT2D eigenvalue weighted by atomic mass is 31.2. The summed E-state index contributed by atoms with van der Waals surface area (Å²) in [5.41, 5.74) is 0.224. The molecular formula is C18H28BO3P. The minimum atomic E-state index is -1.98. The molecule has 0 amide bonds. The van der Waals surface area contributed by atoms with E-state index in [-0.39, 0.29) is 0 Å². The number of hydrogen-bond donors (Lipinski definition) is 0. The summed E-state index contributed by atoms with van der Waals surface area (Å²) in [4.78, 5) is 0. The predicted molar refractivity (Wildman–Crippen MR) is 100 cm³/mol. The SMILES string of the molecule is C/C1=C/C[P+](C)(C)c2ccccc2[B-]2(O1)OC(C)(C)C(C)(C)O2. The average molecular weight is 334 g/mol. The monoisotopic (exact) mass is 334 g/mol. The Morgan fingerprint density at radius 3 is 2.17 bits per heavy atom. The topological polar surface area (TPSA) is 27.7 Å². The van der Waals surface area contributed by atoms with Crippen molar-refractivity contribution in [2.45, 2.75) is 45.8 Å². The standard InChI is InChI=1S/C18H28BO3P/c1-14-12-13-23(6,7)16-11-9-8-10-15(16)19(20-14)21-17(2,3)18(4,5)22-19/h8-12H,13H2,1-7H3/b14-12-. The van der Waals surface area contributed by atoms with Gasteiger partial charge < -0.3 is 14.0 Å². The summed E-state index contributed by atoms with van der Waals surface area (Å²) in [6.07, 6.45) is 3.23. The molecule has 126 valence electrons. The Balaban J connectivity index is 2.23. The summed E-state index contributed by atoms with van der Waals surface area (Å²) >= 11 is 0. The molecule has 0 bridgehead atoms. The zero-order chi connectivity index (χ0) is 17.1. The van der Waals surface area contributed by atoms with Gasteiger partial charge in [0.25, 0.3) is 0 Å². The van der Waals surface area contributed by atoms with Crippen molar-refractivity contribution in [1.29, 1.82) is 0 Å². The second-order valence-corrected chi connectivity index (χ2v) is 12.5. The van der Waals surface area contributed by atoms with E-state index in [1.165, 1.54) is 5.30 Å². The minimum absolute atomic E-state index is 0.428. The molecule has 3 rings (SSSR count). The highest BCUT2D eigenvalue weighted by Crippen LogP contribution is 2.52. The molecular weight excluding hydrogens is 306 g/mol. The molecule has 1 spiro atoms. The first-order valence-electron chi connectivity index (χ1n) is 8.32. The van der Waals surface area contributed by atoms with Crippen LogP contribution in [0.15, 0.2) is 36.1 Å². The molecule has 2 heterocycles. The van der Waals surface area contributed by atoms with E-state index >= 15 is 0 Å². The van der Waals surface area contributed by atoms with Crippen LogP contribution >= 0.6 is 7.26 Å². The highest BCUT2D eigenvalue weighted by Gasteiger charge is 2.57. The zero-order valence-electron chi connectivity index (χ0n) is 15.3. The molecule has 3 nitrogen and oxygen atoms in total. The van der Waals surface area contributed by atoms with Gasteiger partial charge in [0.1, 0.15) is 0 Å². The Morgan fingerprint density at radius 2 is 1.57 bits per heavy atom. The fourth-order valence-electron chi connectivity index (χ4n) is 3.41. The quantitative estimate of drug-likeness (QED) is 0.538. The van der Waals surface area contributed by atoms with E-state index in [0.717, 1.165) is 17.4 Å². The Labute approximate surface area is 140 Å². The maximum atomic E-state index is 6.51. The molecule has 0 radical (unpaired) electrons. The summed E-state index contributed by atoms with van der Waals surface area (Å²) in [6, 6.07) is 8.49. The lowest BCUT2D eigenvalue weighted by molar-refractivity contribution is 0.00578. The summed E-state index contributed by atoms with van der Waals surface area (Å²) in [6.45, 7) is 13.1. The molecule has 1 aromatic carbocycles. The maximum Gasteiger partial charge on any atom is 0.470 e. The predicted octanol–water partition coefficient (Wildman–Crippen LogP) is 3.27.